The van der Waals surface area contributed by atoms with Gasteiger partial charge in [0.15, 0.2) is 0 Å². The van der Waals surface area contributed by atoms with Crippen molar-refractivity contribution in [3.05, 3.63) is 42.0 Å². The highest BCUT2D eigenvalue weighted by atomic mass is 32.2. The Kier molecular flexibility index (Phi) is 6.07. The lowest BCUT2D eigenvalue weighted by Gasteiger charge is -2.44. The number of benzene rings is 1. The van der Waals surface area contributed by atoms with Crippen LogP contribution < -0.4 is 0 Å². The molecule has 140 valence electrons. The number of carbonyl (C=O) groups excluding carboxylic acids is 2. The number of thioether (sulfide) groups is 1. The van der Waals surface area contributed by atoms with Crippen molar-refractivity contribution in [2.24, 2.45) is 5.92 Å². The molecular weight excluding hydrogens is 344 g/mol. The van der Waals surface area contributed by atoms with Crippen molar-refractivity contribution in [2.75, 3.05) is 25.4 Å². The summed E-state index contributed by atoms with van der Waals surface area (Å²) >= 11 is 1.88. The lowest BCUT2D eigenvalue weighted by atomic mass is 10.0. The zero-order chi connectivity index (χ0) is 18.6. The number of amides is 2. The first-order chi connectivity index (χ1) is 12.5. The van der Waals surface area contributed by atoms with E-state index >= 15 is 0 Å². The summed E-state index contributed by atoms with van der Waals surface area (Å²) in [5.74, 6) is 1.70. The molecule has 2 amide bonds. The molecule has 0 N–H and O–H groups in total. The molecule has 0 bridgehead atoms. The summed E-state index contributed by atoms with van der Waals surface area (Å²) in [5, 5.41) is 0. The van der Waals surface area contributed by atoms with E-state index in [0.717, 1.165) is 43.8 Å². The van der Waals surface area contributed by atoms with Crippen LogP contribution in [-0.4, -0.2) is 51.9 Å². The molecule has 0 unspecified atom stereocenters. The van der Waals surface area contributed by atoms with Gasteiger partial charge in [-0.15, -0.1) is 11.8 Å². The second-order valence-electron chi connectivity index (χ2n) is 7.51. The molecule has 2 aliphatic rings. The quantitative estimate of drug-likeness (QED) is 0.758. The van der Waals surface area contributed by atoms with Gasteiger partial charge < -0.3 is 9.80 Å². The van der Waals surface area contributed by atoms with Crippen molar-refractivity contribution in [2.45, 2.75) is 38.0 Å². The number of likely N-dealkylation sites (tertiary alicyclic amines) is 1. The maximum Gasteiger partial charge on any atom is 0.247 e. The van der Waals surface area contributed by atoms with Gasteiger partial charge in [-0.1, -0.05) is 44.2 Å². The van der Waals surface area contributed by atoms with Crippen LogP contribution in [0.15, 0.2) is 36.4 Å². The molecule has 0 atom stereocenters. The van der Waals surface area contributed by atoms with E-state index in [1.807, 2.05) is 58.0 Å². The van der Waals surface area contributed by atoms with Gasteiger partial charge in [0.2, 0.25) is 11.8 Å². The van der Waals surface area contributed by atoms with Gasteiger partial charge in [-0.2, -0.15) is 0 Å². The summed E-state index contributed by atoms with van der Waals surface area (Å²) in [6.45, 7) is 6.46. The Bertz CT molecular complexity index is 664. The molecule has 5 heteroatoms. The zero-order valence-corrected chi connectivity index (χ0v) is 16.5. The van der Waals surface area contributed by atoms with Crippen molar-refractivity contribution >= 4 is 29.7 Å². The average Bonchev–Trinajstić information content (AvgIpc) is 3.03. The first kappa shape index (κ1) is 19.0. The molecule has 1 spiro atoms. The third-order valence-electron chi connectivity index (χ3n) is 5.14. The Labute approximate surface area is 160 Å². The van der Waals surface area contributed by atoms with Gasteiger partial charge in [-0.3, -0.25) is 9.59 Å². The largest absolute Gasteiger partial charge is 0.342 e. The van der Waals surface area contributed by atoms with Crippen LogP contribution in [0.25, 0.3) is 6.08 Å². The zero-order valence-electron chi connectivity index (χ0n) is 15.7. The van der Waals surface area contributed by atoms with Crippen molar-refractivity contribution in [1.82, 2.24) is 9.80 Å². The van der Waals surface area contributed by atoms with E-state index in [4.69, 9.17) is 0 Å². The number of carbonyl (C=O) groups is 2. The van der Waals surface area contributed by atoms with Gasteiger partial charge in [-0.25, -0.2) is 0 Å². The molecule has 26 heavy (non-hydrogen) atoms. The molecule has 4 nitrogen and oxygen atoms in total. The van der Waals surface area contributed by atoms with Gasteiger partial charge in [-0.05, 0) is 30.4 Å². The minimum atomic E-state index is -0.132. The van der Waals surface area contributed by atoms with Gasteiger partial charge in [0.25, 0.3) is 0 Å². The summed E-state index contributed by atoms with van der Waals surface area (Å²) in [5.41, 5.74) is 1.04. The van der Waals surface area contributed by atoms with E-state index in [1.54, 1.807) is 6.08 Å². The number of hydrogen-bond acceptors (Lipinski definition) is 3. The number of rotatable bonds is 4. The number of hydrogen-bond donors (Lipinski definition) is 0. The highest BCUT2D eigenvalue weighted by molar-refractivity contribution is 8.00. The van der Waals surface area contributed by atoms with E-state index in [9.17, 15) is 9.59 Å². The van der Waals surface area contributed by atoms with Gasteiger partial charge >= 0.3 is 0 Å². The maximum atomic E-state index is 12.8. The normalized spacial score (nSPS) is 19.7. The molecule has 0 radical (unpaired) electrons. The van der Waals surface area contributed by atoms with E-state index in [-0.39, 0.29) is 16.7 Å². The molecule has 1 aromatic carbocycles. The summed E-state index contributed by atoms with van der Waals surface area (Å²) in [4.78, 5) is 29.0. The molecule has 0 aromatic heterocycles. The smallest absolute Gasteiger partial charge is 0.247 e. The Morgan fingerprint density at radius 1 is 1.15 bits per heavy atom. The molecule has 2 aliphatic heterocycles. The Morgan fingerprint density at radius 3 is 2.50 bits per heavy atom. The highest BCUT2D eigenvalue weighted by Gasteiger charge is 2.46. The lowest BCUT2D eigenvalue weighted by molar-refractivity contribution is -0.135. The third kappa shape index (κ3) is 4.32. The molecule has 1 aromatic rings. The number of piperidine rings is 1. The Hall–Kier alpha value is -1.75. The Morgan fingerprint density at radius 2 is 1.85 bits per heavy atom. The standard InChI is InChI=1S/C21H28N2O2S/c1-17(2)16-20(25)22-12-10-21(11-13-22)23(14-15-26-21)19(24)9-8-18-6-4-3-5-7-18/h3-9,17H,10-16H2,1-2H3. The second-order valence-corrected chi connectivity index (χ2v) is 8.96. The fraction of sp³-hybridized carbons (Fsp3) is 0.524. The van der Waals surface area contributed by atoms with Crippen LogP contribution in [-0.2, 0) is 9.59 Å². The van der Waals surface area contributed by atoms with Gasteiger partial charge in [0, 0.05) is 37.9 Å². The SMILES string of the molecule is CC(C)CC(=O)N1CCC2(CC1)SCCN2C(=O)C=Cc1ccccc1. The van der Waals surface area contributed by atoms with Crippen LogP contribution in [0, 0.1) is 5.92 Å². The third-order valence-corrected chi connectivity index (χ3v) is 6.69. The number of nitrogens with zero attached hydrogens (tertiary/aromatic N) is 2. The maximum absolute atomic E-state index is 12.8. The van der Waals surface area contributed by atoms with Crippen LogP contribution in [0.4, 0.5) is 0 Å². The molecule has 0 aliphatic carbocycles. The first-order valence-corrected chi connectivity index (χ1v) is 10.5. The molecule has 0 saturated carbocycles. The minimum Gasteiger partial charge on any atom is -0.342 e. The van der Waals surface area contributed by atoms with Crippen molar-refractivity contribution in [3.63, 3.8) is 0 Å². The van der Waals surface area contributed by atoms with E-state index in [0.29, 0.717) is 12.3 Å². The predicted molar refractivity (Wildman–Crippen MR) is 108 cm³/mol. The summed E-state index contributed by atoms with van der Waals surface area (Å²) in [7, 11) is 0. The second kappa shape index (κ2) is 8.30. The van der Waals surface area contributed by atoms with E-state index in [2.05, 4.69) is 13.8 Å². The van der Waals surface area contributed by atoms with Crippen molar-refractivity contribution in [1.29, 1.82) is 0 Å². The minimum absolute atomic E-state index is 0.0841. The highest BCUT2D eigenvalue weighted by Crippen LogP contribution is 2.44. The van der Waals surface area contributed by atoms with Crippen molar-refractivity contribution < 1.29 is 9.59 Å². The molecule has 3 rings (SSSR count). The molecule has 2 fully saturated rings. The van der Waals surface area contributed by atoms with E-state index < -0.39 is 0 Å². The lowest BCUT2D eigenvalue weighted by Crippen LogP contribution is -2.53. The summed E-state index contributed by atoms with van der Waals surface area (Å²) in [6, 6.07) is 9.91. The van der Waals surface area contributed by atoms with E-state index in [1.165, 1.54) is 0 Å². The van der Waals surface area contributed by atoms with Crippen molar-refractivity contribution in [3.8, 4) is 0 Å². The molecule has 2 saturated heterocycles. The van der Waals surface area contributed by atoms with Gasteiger partial charge in [0.1, 0.15) is 0 Å². The monoisotopic (exact) mass is 372 g/mol. The van der Waals surface area contributed by atoms with Crippen LogP contribution >= 0.6 is 11.8 Å². The van der Waals surface area contributed by atoms with Crippen LogP contribution in [0.5, 0.6) is 0 Å². The predicted octanol–water partition coefficient (Wildman–Crippen LogP) is 3.64. The molecular formula is C21H28N2O2S. The fourth-order valence-electron chi connectivity index (χ4n) is 3.74. The molecule has 2 heterocycles. The summed E-state index contributed by atoms with van der Waals surface area (Å²) < 4.78 is 0. The van der Waals surface area contributed by atoms with Crippen LogP contribution in [0.1, 0.15) is 38.7 Å². The van der Waals surface area contributed by atoms with Crippen LogP contribution in [0.2, 0.25) is 0 Å². The topological polar surface area (TPSA) is 40.6 Å². The average molecular weight is 373 g/mol. The van der Waals surface area contributed by atoms with Gasteiger partial charge in [0.05, 0.1) is 4.87 Å². The fourth-order valence-corrected chi connectivity index (χ4v) is 5.20. The van der Waals surface area contributed by atoms with Crippen LogP contribution in [0.3, 0.4) is 0 Å². The Balaban J connectivity index is 1.62. The summed E-state index contributed by atoms with van der Waals surface area (Å²) in [6.07, 6.45) is 5.93. The first-order valence-electron chi connectivity index (χ1n) is 9.47.